The molecule has 0 N–H and O–H groups in total. The van der Waals surface area contributed by atoms with Crippen molar-refractivity contribution in [1.82, 2.24) is 0 Å². The number of hydrogen-bond donors (Lipinski definition) is 0. The minimum atomic E-state index is -1.15. The Morgan fingerprint density at radius 2 is 1.68 bits per heavy atom. The second kappa shape index (κ2) is 11.2. The molecule has 0 bridgehead atoms. The molecule has 0 atom stereocenters. The van der Waals surface area contributed by atoms with Crippen molar-refractivity contribution in [3.63, 3.8) is 0 Å². The molecule has 3 rings (SSSR count). The van der Waals surface area contributed by atoms with E-state index >= 15 is 0 Å². The number of hydrogen-bond acceptors (Lipinski definition) is 6. The molecule has 0 fully saturated rings. The van der Waals surface area contributed by atoms with Crippen LogP contribution in [-0.2, 0) is 9.53 Å². The van der Waals surface area contributed by atoms with E-state index in [0.29, 0.717) is 22.8 Å². The summed E-state index contributed by atoms with van der Waals surface area (Å²) in [6.07, 6.45) is 4.99. The number of allylic oxidation sites excluding steroid dienone is 1. The van der Waals surface area contributed by atoms with Crippen molar-refractivity contribution in [2.45, 2.75) is 78.4 Å². The van der Waals surface area contributed by atoms with E-state index in [4.69, 9.17) is 13.9 Å². The number of aryl methyl sites for hydroxylation is 2. The summed E-state index contributed by atoms with van der Waals surface area (Å²) in [5.41, 5.74) is 2.00. The summed E-state index contributed by atoms with van der Waals surface area (Å²) in [6, 6.07) is 9.63. The van der Waals surface area contributed by atoms with Crippen molar-refractivity contribution in [3.05, 3.63) is 64.9 Å². The molecule has 0 saturated carbocycles. The first-order valence-electron chi connectivity index (χ1n) is 12.6. The van der Waals surface area contributed by atoms with Crippen LogP contribution < -0.4 is 4.74 Å². The Hall–Kier alpha value is -2.99. The average Bonchev–Trinajstić information content (AvgIpc) is 3.27. The summed E-state index contributed by atoms with van der Waals surface area (Å²) in [5, 5.41) is 0.964. The lowest BCUT2D eigenvalue weighted by Crippen LogP contribution is -2.43. The first-order valence-corrected chi connectivity index (χ1v) is 13.6. The zero-order valence-corrected chi connectivity index (χ0v) is 24.2. The van der Waals surface area contributed by atoms with Gasteiger partial charge in [0, 0.05) is 16.0 Å². The molecule has 0 saturated heterocycles. The number of furan rings is 1. The van der Waals surface area contributed by atoms with Gasteiger partial charge in [-0.1, -0.05) is 19.9 Å². The van der Waals surface area contributed by atoms with Crippen LogP contribution in [0.25, 0.3) is 17.0 Å². The summed E-state index contributed by atoms with van der Waals surface area (Å²) in [5.74, 6) is 1.66. The Balaban J connectivity index is 1.80. The predicted molar refractivity (Wildman–Crippen MR) is 152 cm³/mol. The smallest absolute Gasteiger partial charge is 0.350 e. The maximum absolute atomic E-state index is 13.1. The van der Waals surface area contributed by atoms with E-state index in [9.17, 15) is 9.59 Å². The Morgan fingerprint density at radius 1 is 1.03 bits per heavy atom. The molecule has 198 valence electrons. The van der Waals surface area contributed by atoms with E-state index in [-0.39, 0.29) is 5.78 Å². The van der Waals surface area contributed by atoms with Gasteiger partial charge in [0.2, 0.25) is 0 Å². The Kier molecular flexibility index (Phi) is 8.63. The van der Waals surface area contributed by atoms with E-state index in [1.807, 2.05) is 65.0 Å². The lowest BCUT2D eigenvalue weighted by Gasteiger charge is -2.30. The number of ketones is 1. The number of ether oxygens (including phenoxy) is 2. The van der Waals surface area contributed by atoms with E-state index in [1.165, 1.54) is 0 Å². The second-order valence-electron chi connectivity index (χ2n) is 11.3. The monoisotopic (exact) mass is 522 g/mol. The van der Waals surface area contributed by atoms with Gasteiger partial charge in [-0.2, -0.15) is 0 Å². The van der Waals surface area contributed by atoms with Crippen molar-refractivity contribution in [3.8, 4) is 5.75 Å². The second-order valence-corrected chi connectivity index (χ2v) is 12.3. The highest BCUT2D eigenvalue weighted by Crippen LogP contribution is 2.33. The largest absolute Gasteiger partial charge is 0.476 e. The highest BCUT2D eigenvalue weighted by atomic mass is 32.2. The molecule has 5 nitrogen and oxygen atoms in total. The standard InChI is InChI=1S/C31H38O5S/c1-19(2)18-37-26-13-11-23(28-24(26)14-15-34-28)25(32)12-10-22-16-20(3)27(21(4)17-22)35-31(8,9)29(33)36-30(5,6)7/h10-17,19H,18H2,1-9H3/b12-10+. The van der Waals surface area contributed by atoms with Gasteiger partial charge >= 0.3 is 5.97 Å². The Morgan fingerprint density at radius 3 is 2.27 bits per heavy atom. The van der Waals surface area contributed by atoms with Gasteiger partial charge in [-0.15, -0.1) is 11.8 Å². The van der Waals surface area contributed by atoms with Crippen LogP contribution in [0.2, 0.25) is 0 Å². The van der Waals surface area contributed by atoms with Gasteiger partial charge < -0.3 is 13.9 Å². The number of rotatable bonds is 9. The van der Waals surface area contributed by atoms with Crippen LogP contribution in [0.1, 0.15) is 75.5 Å². The minimum Gasteiger partial charge on any atom is -0.476 e. The highest BCUT2D eigenvalue weighted by molar-refractivity contribution is 7.99. The molecule has 2 aromatic carbocycles. The fourth-order valence-corrected chi connectivity index (χ4v) is 4.81. The molecule has 0 radical (unpaired) electrons. The average molecular weight is 523 g/mol. The zero-order valence-electron chi connectivity index (χ0n) is 23.4. The van der Waals surface area contributed by atoms with Gasteiger partial charge in [-0.05, 0) is 107 Å². The van der Waals surface area contributed by atoms with Gasteiger partial charge in [0.25, 0.3) is 0 Å². The van der Waals surface area contributed by atoms with Gasteiger partial charge in [0.1, 0.15) is 16.9 Å². The number of esters is 1. The molecule has 1 heterocycles. The number of thioether (sulfide) groups is 1. The summed E-state index contributed by atoms with van der Waals surface area (Å²) in [7, 11) is 0. The summed E-state index contributed by atoms with van der Waals surface area (Å²) in [6.45, 7) is 17.1. The molecule has 3 aromatic rings. The predicted octanol–water partition coefficient (Wildman–Crippen LogP) is 8.19. The molecule has 0 amide bonds. The van der Waals surface area contributed by atoms with Crippen molar-refractivity contribution < 1.29 is 23.5 Å². The Labute approximate surface area is 224 Å². The van der Waals surface area contributed by atoms with Crippen molar-refractivity contribution >= 4 is 40.6 Å². The minimum absolute atomic E-state index is 0.123. The van der Waals surface area contributed by atoms with Gasteiger partial charge in [-0.3, -0.25) is 4.79 Å². The lowest BCUT2D eigenvalue weighted by atomic mass is 10.0. The third-order valence-electron chi connectivity index (χ3n) is 5.57. The van der Waals surface area contributed by atoms with Crippen LogP contribution >= 0.6 is 11.8 Å². The quantitative estimate of drug-likeness (QED) is 0.122. The maximum atomic E-state index is 13.1. The Bertz CT molecular complexity index is 1300. The molecular formula is C31H38O5S. The number of fused-ring (bicyclic) bond motifs is 1. The number of carbonyl (C=O) groups excluding carboxylic acids is 2. The van der Waals surface area contributed by atoms with E-state index < -0.39 is 17.2 Å². The van der Waals surface area contributed by atoms with Gasteiger partial charge in [0.05, 0.1) is 11.8 Å². The molecule has 37 heavy (non-hydrogen) atoms. The summed E-state index contributed by atoms with van der Waals surface area (Å²) >= 11 is 1.78. The zero-order chi connectivity index (χ0) is 27.5. The van der Waals surface area contributed by atoms with E-state index in [1.54, 1.807) is 44.0 Å². The molecular weight excluding hydrogens is 484 g/mol. The van der Waals surface area contributed by atoms with E-state index in [0.717, 1.165) is 32.7 Å². The van der Waals surface area contributed by atoms with Gasteiger partial charge in [-0.25, -0.2) is 4.79 Å². The first-order chi connectivity index (χ1) is 17.2. The normalized spacial score (nSPS) is 12.5. The van der Waals surface area contributed by atoms with Crippen LogP contribution in [0.15, 0.2) is 52.0 Å². The molecule has 0 aliphatic carbocycles. The first kappa shape index (κ1) is 28.6. The summed E-state index contributed by atoms with van der Waals surface area (Å²) < 4.78 is 17.3. The maximum Gasteiger partial charge on any atom is 0.350 e. The molecule has 1 aromatic heterocycles. The van der Waals surface area contributed by atoms with Crippen molar-refractivity contribution in [2.75, 3.05) is 5.75 Å². The highest BCUT2D eigenvalue weighted by Gasteiger charge is 2.35. The topological polar surface area (TPSA) is 65.7 Å². The number of benzene rings is 2. The lowest BCUT2D eigenvalue weighted by molar-refractivity contribution is -0.171. The molecule has 0 unspecified atom stereocenters. The van der Waals surface area contributed by atoms with Crippen LogP contribution in [0.3, 0.4) is 0 Å². The third-order valence-corrected chi connectivity index (χ3v) is 7.07. The molecule has 6 heteroatoms. The SMILES string of the molecule is Cc1cc(/C=C/C(=O)c2ccc(SCC(C)C)c3ccoc23)cc(C)c1OC(C)(C)C(=O)OC(C)(C)C. The summed E-state index contributed by atoms with van der Waals surface area (Å²) in [4.78, 5) is 26.9. The molecule has 0 spiro atoms. The third kappa shape index (κ3) is 7.29. The molecule has 0 aliphatic heterocycles. The molecule has 0 aliphatic rings. The fraction of sp³-hybridized carbons (Fsp3) is 0.419. The van der Waals surface area contributed by atoms with Crippen LogP contribution in [0, 0.1) is 19.8 Å². The number of carbonyl (C=O) groups is 2. The van der Waals surface area contributed by atoms with Crippen molar-refractivity contribution in [2.24, 2.45) is 5.92 Å². The van der Waals surface area contributed by atoms with Crippen LogP contribution in [0.4, 0.5) is 0 Å². The van der Waals surface area contributed by atoms with Crippen LogP contribution in [0.5, 0.6) is 5.75 Å². The van der Waals surface area contributed by atoms with Crippen molar-refractivity contribution in [1.29, 1.82) is 0 Å². The van der Waals surface area contributed by atoms with Gasteiger partial charge in [0.15, 0.2) is 11.4 Å². The van der Waals surface area contributed by atoms with Crippen LogP contribution in [-0.4, -0.2) is 28.7 Å². The van der Waals surface area contributed by atoms with E-state index in [2.05, 4.69) is 13.8 Å². The fourth-order valence-electron chi connectivity index (χ4n) is 3.81.